The molecular formula is C11H18N4S. The average Bonchev–Trinajstić information content (AvgIpc) is 2.14. The molecule has 5 heteroatoms. The lowest BCUT2D eigenvalue weighted by Crippen LogP contribution is -2.10. The Balaban J connectivity index is 2.17. The van der Waals surface area contributed by atoms with Gasteiger partial charge in [-0.05, 0) is 25.1 Å². The Hall–Kier alpha value is -0.970. The molecule has 0 radical (unpaired) electrons. The van der Waals surface area contributed by atoms with E-state index in [0.29, 0.717) is 16.6 Å². The largest absolute Gasteiger partial charge is 0.369 e. The molecule has 2 rings (SSSR count). The molecule has 4 nitrogen and oxygen atoms in total. The number of hydrogen-bond donors (Lipinski definition) is 2. The molecule has 1 saturated carbocycles. The van der Waals surface area contributed by atoms with Crippen LogP contribution >= 0.6 is 12.2 Å². The van der Waals surface area contributed by atoms with Crippen LogP contribution in [0.25, 0.3) is 0 Å². The number of nitrogens with two attached hydrogens (primary N) is 1. The van der Waals surface area contributed by atoms with Gasteiger partial charge in [-0.2, -0.15) is 4.98 Å². The maximum absolute atomic E-state index is 5.66. The summed E-state index contributed by atoms with van der Waals surface area (Å²) in [4.78, 5) is 11.2. The van der Waals surface area contributed by atoms with Gasteiger partial charge in [-0.3, -0.25) is 0 Å². The molecule has 0 saturated heterocycles. The van der Waals surface area contributed by atoms with Gasteiger partial charge in [-0.1, -0.05) is 32.1 Å². The van der Waals surface area contributed by atoms with Crippen molar-refractivity contribution in [3.8, 4) is 0 Å². The molecule has 0 aliphatic heterocycles. The van der Waals surface area contributed by atoms with Crippen LogP contribution in [0.3, 0.4) is 0 Å². The van der Waals surface area contributed by atoms with Gasteiger partial charge in [0, 0.05) is 5.92 Å². The van der Waals surface area contributed by atoms with Crippen LogP contribution in [0, 0.1) is 4.77 Å². The van der Waals surface area contributed by atoms with Crippen LogP contribution in [-0.2, 0) is 0 Å². The van der Waals surface area contributed by atoms with Crippen molar-refractivity contribution in [3.05, 3.63) is 10.6 Å². The second kappa shape index (κ2) is 5.39. The molecule has 0 spiro atoms. The Morgan fingerprint density at radius 2 is 1.69 bits per heavy atom. The number of rotatable bonds is 1. The lowest BCUT2D eigenvalue weighted by Gasteiger charge is -2.18. The Bertz CT molecular complexity index is 393. The topological polar surface area (TPSA) is 67.6 Å². The summed E-state index contributed by atoms with van der Waals surface area (Å²) in [7, 11) is 0. The molecule has 16 heavy (non-hydrogen) atoms. The summed E-state index contributed by atoms with van der Waals surface area (Å²) in [5.41, 5.74) is 5.66. The highest BCUT2D eigenvalue weighted by molar-refractivity contribution is 7.71. The third kappa shape index (κ3) is 3.01. The minimum Gasteiger partial charge on any atom is -0.369 e. The van der Waals surface area contributed by atoms with Crippen LogP contribution in [0.4, 0.5) is 5.95 Å². The zero-order valence-electron chi connectivity index (χ0n) is 9.41. The number of aromatic amines is 1. The van der Waals surface area contributed by atoms with E-state index in [1.54, 1.807) is 0 Å². The zero-order valence-corrected chi connectivity index (χ0v) is 10.2. The van der Waals surface area contributed by atoms with E-state index < -0.39 is 0 Å². The van der Waals surface area contributed by atoms with Crippen molar-refractivity contribution in [2.45, 2.75) is 50.9 Å². The zero-order chi connectivity index (χ0) is 11.4. The smallest absolute Gasteiger partial charge is 0.224 e. The SMILES string of the molecule is Nc1nc(=S)nc(C2CCCCCCC2)[nH]1. The monoisotopic (exact) mass is 238 g/mol. The molecule has 1 heterocycles. The normalized spacial score (nSPS) is 19.0. The summed E-state index contributed by atoms with van der Waals surface area (Å²) in [6.07, 6.45) is 8.94. The van der Waals surface area contributed by atoms with Crippen molar-refractivity contribution in [3.63, 3.8) is 0 Å². The fraction of sp³-hybridized carbons (Fsp3) is 0.727. The number of nitrogens with zero attached hydrogens (tertiary/aromatic N) is 2. The molecule has 0 atom stereocenters. The second-order valence-corrected chi connectivity index (χ2v) is 4.81. The van der Waals surface area contributed by atoms with Crippen molar-refractivity contribution in [1.82, 2.24) is 15.0 Å². The Morgan fingerprint density at radius 1 is 1.06 bits per heavy atom. The first-order chi connectivity index (χ1) is 7.75. The maximum Gasteiger partial charge on any atom is 0.224 e. The van der Waals surface area contributed by atoms with Crippen molar-refractivity contribution in [1.29, 1.82) is 0 Å². The fourth-order valence-electron chi connectivity index (χ4n) is 2.34. The van der Waals surface area contributed by atoms with Crippen LogP contribution < -0.4 is 5.73 Å². The average molecular weight is 238 g/mol. The molecule has 0 aromatic carbocycles. The fourth-order valence-corrected chi connectivity index (χ4v) is 2.54. The van der Waals surface area contributed by atoms with Gasteiger partial charge >= 0.3 is 0 Å². The molecule has 3 N–H and O–H groups in total. The van der Waals surface area contributed by atoms with E-state index in [4.69, 9.17) is 18.0 Å². The number of aromatic nitrogens is 3. The van der Waals surface area contributed by atoms with Gasteiger partial charge in [-0.15, -0.1) is 0 Å². The quantitative estimate of drug-likeness (QED) is 0.738. The summed E-state index contributed by atoms with van der Waals surface area (Å²) in [6, 6.07) is 0. The van der Waals surface area contributed by atoms with Crippen molar-refractivity contribution in [2.24, 2.45) is 0 Å². The third-order valence-corrected chi connectivity index (χ3v) is 3.36. The molecular weight excluding hydrogens is 220 g/mol. The van der Waals surface area contributed by atoms with E-state index in [0.717, 1.165) is 5.82 Å². The molecule has 0 amide bonds. The summed E-state index contributed by atoms with van der Waals surface area (Å²) in [6.45, 7) is 0. The van der Waals surface area contributed by atoms with E-state index in [9.17, 15) is 0 Å². The molecule has 88 valence electrons. The van der Waals surface area contributed by atoms with Crippen molar-refractivity contribution >= 4 is 18.2 Å². The summed E-state index contributed by atoms with van der Waals surface area (Å²) < 4.78 is 0.355. The minimum absolute atomic E-state index is 0.355. The highest BCUT2D eigenvalue weighted by Crippen LogP contribution is 2.28. The highest BCUT2D eigenvalue weighted by Gasteiger charge is 2.15. The number of hydrogen-bond acceptors (Lipinski definition) is 4. The van der Waals surface area contributed by atoms with E-state index in [2.05, 4.69) is 15.0 Å². The number of anilines is 1. The summed E-state index contributed by atoms with van der Waals surface area (Å²) in [5.74, 6) is 1.80. The first kappa shape index (κ1) is 11.5. The molecule has 1 fully saturated rings. The van der Waals surface area contributed by atoms with E-state index in [-0.39, 0.29) is 0 Å². The van der Waals surface area contributed by atoms with Crippen molar-refractivity contribution in [2.75, 3.05) is 5.73 Å². The summed E-state index contributed by atoms with van der Waals surface area (Å²) in [5, 5.41) is 0. The van der Waals surface area contributed by atoms with Crippen molar-refractivity contribution < 1.29 is 0 Å². The minimum atomic E-state index is 0.355. The lowest BCUT2D eigenvalue weighted by molar-refractivity contribution is 0.441. The van der Waals surface area contributed by atoms with Crippen LogP contribution in [0.1, 0.15) is 56.7 Å². The summed E-state index contributed by atoms with van der Waals surface area (Å²) >= 11 is 4.99. The number of nitrogens with one attached hydrogen (secondary N) is 1. The van der Waals surface area contributed by atoms with Crippen LogP contribution in [0.15, 0.2) is 0 Å². The molecule has 1 aromatic heterocycles. The molecule has 1 aromatic rings. The van der Waals surface area contributed by atoms with Gasteiger partial charge in [0.05, 0.1) is 0 Å². The standard InChI is InChI=1S/C11H18N4S/c12-10-13-9(14-11(16)15-10)8-6-4-2-1-3-5-7-8/h8H,1-7H2,(H3,12,13,14,15,16). The predicted molar refractivity (Wildman–Crippen MR) is 66.7 cm³/mol. The van der Waals surface area contributed by atoms with Gasteiger partial charge < -0.3 is 10.7 Å². The van der Waals surface area contributed by atoms with E-state index >= 15 is 0 Å². The third-order valence-electron chi connectivity index (χ3n) is 3.18. The van der Waals surface area contributed by atoms with Gasteiger partial charge in [-0.25, -0.2) is 4.98 Å². The van der Waals surface area contributed by atoms with Crippen LogP contribution in [0.2, 0.25) is 0 Å². The second-order valence-electron chi connectivity index (χ2n) is 4.44. The first-order valence-electron chi connectivity index (χ1n) is 5.99. The van der Waals surface area contributed by atoms with E-state index in [1.165, 1.54) is 44.9 Å². The highest BCUT2D eigenvalue weighted by atomic mass is 32.1. The molecule has 1 aliphatic carbocycles. The van der Waals surface area contributed by atoms with E-state index in [1.807, 2.05) is 0 Å². The van der Waals surface area contributed by atoms with Gasteiger partial charge in [0.2, 0.25) is 10.7 Å². The Labute approximate surface area is 101 Å². The van der Waals surface area contributed by atoms with Gasteiger partial charge in [0.15, 0.2) is 0 Å². The van der Waals surface area contributed by atoms with Gasteiger partial charge in [0.25, 0.3) is 0 Å². The lowest BCUT2D eigenvalue weighted by atomic mass is 9.90. The molecule has 0 unspecified atom stereocenters. The predicted octanol–water partition coefficient (Wildman–Crippen LogP) is 2.94. The van der Waals surface area contributed by atoms with Crippen LogP contribution in [0.5, 0.6) is 0 Å². The Kier molecular flexibility index (Phi) is 3.88. The maximum atomic E-state index is 5.66. The molecule has 1 aliphatic rings. The first-order valence-corrected chi connectivity index (χ1v) is 6.40. The number of H-pyrrole nitrogens is 1. The Morgan fingerprint density at radius 3 is 2.31 bits per heavy atom. The van der Waals surface area contributed by atoms with Crippen LogP contribution in [-0.4, -0.2) is 15.0 Å². The number of nitrogen functional groups attached to an aromatic ring is 1. The van der Waals surface area contributed by atoms with Gasteiger partial charge in [0.1, 0.15) is 5.82 Å². The molecule has 0 bridgehead atoms.